The molecule has 2 atom stereocenters. The lowest BCUT2D eigenvalue weighted by atomic mass is 10.0. The summed E-state index contributed by atoms with van der Waals surface area (Å²) in [5, 5.41) is 4.30. The fourth-order valence-electron chi connectivity index (χ4n) is 4.22. The molecule has 2 unspecified atom stereocenters. The zero-order valence-electron chi connectivity index (χ0n) is 15.9. The lowest BCUT2D eigenvalue weighted by Crippen LogP contribution is -2.34. The molecule has 2 fully saturated rings. The second-order valence-electron chi connectivity index (χ2n) is 7.77. The van der Waals surface area contributed by atoms with Crippen LogP contribution in [0.5, 0.6) is 0 Å². The molecular formula is C21H25N3O3S. The van der Waals surface area contributed by atoms with Crippen molar-refractivity contribution in [2.75, 3.05) is 6.54 Å². The van der Waals surface area contributed by atoms with E-state index in [1.807, 2.05) is 12.1 Å². The molecule has 1 aromatic heterocycles. The molecule has 28 heavy (non-hydrogen) atoms. The Morgan fingerprint density at radius 2 is 1.96 bits per heavy atom. The van der Waals surface area contributed by atoms with Gasteiger partial charge in [-0.25, -0.2) is 4.98 Å². The molecule has 148 valence electrons. The Bertz CT molecular complexity index is 845. The van der Waals surface area contributed by atoms with Gasteiger partial charge in [-0.2, -0.15) is 0 Å². The molecule has 2 aliphatic rings. The standard InChI is InChI=1S/C21H25N3O3S/c25-18(6-3-11-24-20(26)9-10-21(24)27)22-15-8-7-14(12-15)13-19-23-16-4-1-2-5-17(16)28-19/h1-2,4-5,14-15H,3,6-13H2,(H,22,25). The van der Waals surface area contributed by atoms with Gasteiger partial charge in [0.05, 0.1) is 15.2 Å². The highest BCUT2D eigenvalue weighted by atomic mass is 32.1. The molecule has 6 nitrogen and oxygen atoms in total. The fourth-order valence-corrected chi connectivity index (χ4v) is 5.30. The number of amides is 3. The molecule has 1 aliphatic carbocycles. The summed E-state index contributed by atoms with van der Waals surface area (Å²) in [6.45, 7) is 0.357. The lowest BCUT2D eigenvalue weighted by molar-refractivity contribution is -0.138. The van der Waals surface area contributed by atoms with Gasteiger partial charge in [-0.15, -0.1) is 11.3 Å². The number of nitrogens with zero attached hydrogens (tertiary/aromatic N) is 2. The maximum absolute atomic E-state index is 12.2. The Kier molecular flexibility index (Phi) is 5.71. The molecule has 0 spiro atoms. The van der Waals surface area contributed by atoms with Crippen LogP contribution in [0, 0.1) is 5.92 Å². The second kappa shape index (κ2) is 8.39. The Morgan fingerprint density at radius 1 is 1.18 bits per heavy atom. The first-order chi connectivity index (χ1) is 13.6. The number of benzene rings is 1. The van der Waals surface area contributed by atoms with E-state index in [0.717, 1.165) is 31.2 Å². The summed E-state index contributed by atoms with van der Waals surface area (Å²) < 4.78 is 1.23. The van der Waals surface area contributed by atoms with Gasteiger partial charge in [0.25, 0.3) is 0 Å². The molecule has 2 aromatic rings. The zero-order chi connectivity index (χ0) is 19.5. The van der Waals surface area contributed by atoms with Gasteiger partial charge >= 0.3 is 0 Å². The highest BCUT2D eigenvalue weighted by molar-refractivity contribution is 7.18. The van der Waals surface area contributed by atoms with Gasteiger partial charge in [0.15, 0.2) is 0 Å². The maximum atomic E-state index is 12.2. The number of rotatable bonds is 7. The number of carbonyl (C=O) groups is 3. The van der Waals surface area contributed by atoms with Crippen molar-refractivity contribution in [2.24, 2.45) is 5.92 Å². The van der Waals surface area contributed by atoms with Crippen LogP contribution in [0.4, 0.5) is 0 Å². The summed E-state index contributed by atoms with van der Waals surface area (Å²) in [6.07, 6.45) is 5.59. The number of carbonyl (C=O) groups excluding carboxylic acids is 3. The molecule has 4 rings (SSSR count). The molecule has 1 aromatic carbocycles. The van der Waals surface area contributed by atoms with E-state index in [2.05, 4.69) is 17.4 Å². The summed E-state index contributed by atoms with van der Waals surface area (Å²) in [6, 6.07) is 8.44. The van der Waals surface area contributed by atoms with Gasteiger partial charge in [-0.05, 0) is 43.7 Å². The maximum Gasteiger partial charge on any atom is 0.229 e. The number of likely N-dealkylation sites (tertiary alicyclic amines) is 1. The molecular weight excluding hydrogens is 374 g/mol. The first kappa shape index (κ1) is 19.1. The van der Waals surface area contributed by atoms with Crippen molar-refractivity contribution in [3.05, 3.63) is 29.3 Å². The van der Waals surface area contributed by atoms with E-state index in [-0.39, 0.29) is 23.8 Å². The van der Waals surface area contributed by atoms with E-state index in [0.29, 0.717) is 38.1 Å². The number of aromatic nitrogens is 1. The number of hydrogen-bond acceptors (Lipinski definition) is 5. The number of imide groups is 1. The molecule has 0 bridgehead atoms. The molecule has 0 radical (unpaired) electrons. The van der Waals surface area contributed by atoms with Crippen LogP contribution in [0.3, 0.4) is 0 Å². The second-order valence-corrected chi connectivity index (χ2v) is 8.88. The first-order valence-corrected chi connectivity index (χ1v) is 10.9. The van der Waals surface area contributed by atoms with Crippen molar-refractivity contribution in [1.82, 2.24) is 15.2 Å². The van der Waals surface area contributed by atoms with Crippen LogP contribution in [0.2, 0.25) is 0 Å². The van der Waals surface area contributed by atoms with E-state index in [1.165, 1.54) is 14.6 Å². The van der Waals surface area contributed by atoms with E-state index < -0.39 is 0 Å². The van der Waals surface area contributed by atoms with Gasteiger partial charge in [0, 0.05) is 38.3 Å². The molecule has 3 amide bonds. The Morgan fingerprint density at radius 3 is 2.75 bits per heavy atom. The van der Waals surface area contributed by atoms with Crippen LogP contribution in [0.25, 0.3) is 10.2 Å². The number of para-hydroxylation sites is 1. The van der Waals surface area contributed by atoms with Crippen molar-refractivity contribution in [1.29, 1.82) is 0 Å². The highest BCUT2D eigenvalue weighted by Crippen LogP contribution is 2.31. The minimum atomic E-state index is -0.112. The quantitative estimate of drug-likeness (QED) is 0.726. The van der Waals surface area contributed by atoms with Crippen LogP contribution in [-0.4, -0.2) is 40.2 Å². The summed E-state index contributed by atoms with van der Waals surface area (Å²) in [5.74, 6) is 0.355. The Labute approximate surface area is 168 Å². The number of hydrogen-bond donors (Lipinski definition) is 1. The number of thiazole rings is 1. The van der Waals surface area contributed by atoms with E-state index >= 15 is 0 Å². The van der Waals surface area contributed by atoms with Crippen molar-refractivity contribution in [2.45, 2.75) is 57.4 Å². The summed E-state index contributed by atoms with van der Waals surface area (Å²) in [4.78, 5) is 41.4. The van der Waals surface area contributed by atoms with Crippen LogP contribution >= 0.6 is 11.3 Å². The van der Waals surface area contributed by atoms with Crippen molar-refractivity contribution >= 4 is 39.3 Å². The number of nitrogens with one attached hydrogen (secondary N) is 1. The van der Waals surface area contributed by atoms with Crippen LogP contribution in [0.15, 0.2) is 24.3 Å². The Hall–Kier alpha value is -2.28. The van der Waals surface area contributed by atoms with Gasteiger partial charge in [0.1, 0.15) is 0 Å². The largest absolute Gasteiger partial charge is 0.353 e. The zero-order valence-corrected chi connectivity index (χ0v) is 16.7. The summed E-state index contributed by atoms with van der Waals surface area (Å²) in [7, 11) is 0. The monoisotopic (exact) mass is 399 g/mol. The predicted molar refractivity (Wildman–Crippen MR) is 108 cm³/mol. The third-order valence-electron chi connectivity index (χ3n) is 5.65. The van der Waals surface area contributed by atoms with E-state index in [9.17, 15) is 14.4 Å². The molecule has 1 saturated carbocycles. The highest BCUT2D eigenvalue weighted by Gasteiger charge is 2.29. The minimum absolute atomic E-state index is 0.0183. The van der Waals surface area contributed by atoms with Crippen molar-refractivity contribution in [3.8, 4) is 0 Å². The fraction of sp³-hybridized carbons (Fsp3) is 0.524. The molecule has 1 saturated heterocycles. The first-order valence-electron chi connectivity index (χ1n) is 10.1. The molecule has 1 N–H and O–H groups in total. The van der Waals surface area contributed by atoms with Gasteiger partial charge in [-0.1, -0.05) is 12.1 Å². The van der Waals surface area contributed by atoms with E-state index in [4.69, 9.17) is 4.98 Å². The lowest BCUT2D eigenvalue weighted by Gasteiger charge is -2.15. The normalized spacial score (nSPS) is 22.4. The van der Waals surface area contributed by atoms with E-state index in [1.54, 1.807) is 11.3 Å². The Balaban J connectivity index is 1.19. The average molecular weight is 400 g/mol. The smallest absolute Gasteiger partial charge is 0.229 e. The van der Waals surface area contributed by atoms with Crippen molar-refractivity contribution in [3.63, 3.8) is 0 Å². The SMILES string of the molecule is O=C(CCCN1C(=O)CCC1=O)NC1CCC(Cc2nc3ccccc3s2)C1. The van der Waals surface area contributed by atoms with Crippen LogP contribution in [0.1, 0.15) is 50.0 Å². The molecule has 1 aliphatic heterocycles. The van der Waals surface area contributed by atoms with Gasteiger partial charge < -0.3 is 5.32 Å². The van der Waals surface area contributed by atoms with Crippen molar-refractivity contribution < 1.29 is 14.4 Å². The topological polar surface area (TPSA) is 79.4 Å². The average Bonchev–Trinajstić information content (AvgIpc) is 3.36. The van der Waals surface area contributed by atoms with Crippen LogP contribution in [-0.2, 0) is 20.8 Å². The minimum Gasteiger partial charge on any atom is -0.353 e. The molecule has 2 heterocycles. The third-order valence-corrected chi connectivity index (χ3v) is 6.71. The van der Waals surface area contributed by atoms with Crippen LogP contribution < -0.4 is 5.32 Å². The summed E-state index contributed by atoms with van der Waals surface area (Å²) in [5.41, 5.74) is 1.07. The predicted octanol–water partition coefficient (Wildman–Crippen LogP) is 3.05. The van der Waals surface area contributed by atoms with Gasteiger partial charge in [-0.3, -0.25) is 19.3 Å². The molecule has 7 heteroatoms. The van der Waals surface area contributed by atoms with Gasteiger partial charge in [0.2, 0.25) is 17.7 Å². The number of fused-ring (bicyclic) bond motifs is 1. The summed E-state index contributed by atoms with van der Waals surface area (Å²) >= 11 is 1.76. The third kappa shape index (κ3) is 4.41.